The second-order valence-electron chi connectivity index (χ2n) is 2.81. The Labute approximate surface area is 65.8 Å². The second-order valence-corrected chi connectivity index (χ2v) is 2.81. The minimum absolute atomic E-state index is 0.240. The summed E-state index contributed by atoms with van der Waals surface area (Å²) in [6, 6.07) is 0. The van der Waals surface area contributed by atoms with Crippen molar-refractivity contribution in [1.82, 2.24) is 0 Å². The number of carboxylic acids is 1. The maximum atomic E-state index is 10.2. The molecule has 66 valence electrons. The van der Waals surface area contributed by atoms with Crippen molar-refractivity contribution < 1.29 is 19.7 Å². The highest BCUT2D eigenvalue weighted by molar-refractivity contribution is 5.67. The first-order valence-corrected chi connectivity index (χ1v) is 3.41. The van der Waals surface area contributed by atoms with Crippen LogP contribution in [0.25, 0.3) is 0 Å². The lowest BCUT2D eigenvalue weighted by molar-refractivity contribution is -0.142. The van der Waals surface area contributed by atoms with Gasteiger partial charge in [-0.25, -0.2) is 0 Å². The van der Waals surface area contributed by atoms with Crippen molar-refractivity contribution in [2.24, 2.45) is 0 Å². The van der Waals surface area contributed by atoms with E-state index in [0.29, 0.717) is 13.0 Å². The lowest BCUT2D eigenvalue weighted by atomic mass is 9.99. The van der Waals surface area contributed by atoms with Crippen LogP contribution in [0.5, 0.6) is 0 Å². The summed E-state index contributed by atoms with van der Waals surface area (Å²) in [6.45, 7) is 1.86. The third kappa shape index (κ3) is 5.82. The van der Waals surface area contributed by atoms with Crippen LogP contribution in [0.3, 0.4) is 0 Å². The number of hydrogen-bond donors (Lipinski definition) is 2. The number of hydrogen-bond acceptors (Lipinski definition) is 3. The third-order valence-corrected chi connectivity index (χ3v) is 1.38. The highest BCUT2D eigenvalue weighted by Crippen LogP contribution is 2.13. The van der Waals surface area contributed by atoms with Crippen LogP contribution in [0.1, 0.15) is 19.8 Å². The monoisotopic (exact) mass is 162 g/mol. The SMILES string of the molecule is COCCC(C)(O)CC(=O)O. The average Bonchev–Trinajstić information content (AvgIpc) is 1.81. The average molecular weight is 162 g/mol. The Balaban J connectivity index is 3.70. The first-order chi connectivity index (χ1) is 4.98. The van der Waals surface area contributed by atoms with Crippen molar-refractivity contribution in [3.05, 3.63) is 0 Å². The van der Waals surface area contributed by atoms with Gasteiger partial charge in [0, 0.05) is 13.7 Å². The molecular formula is C7H14O4. The van der Waals surface area contributed by atoms with Crippen LogP contribution in [0.15, 0.2) is 0 Å². The molecular weight excluding hydrogens is 148 g/mol. The van der Waals surface area contributed by atoms with Crippen LogP contribution < -0.4 is 0 Å². The van der Waals surface area contributed by atoms with E-state index >= 15 is 0 Å². The predicted molar refractivity (Wildman–Crippen MR) is 39.4 cm³/mol. The van der Waals surface area contributed by atoms with E-state index in [-0.39, 0.29) is 6.42 Å². The highest BCUT2D eigenvalue weighted by atomic mass is 16.5. The normalized spacial score (nSPS) is 15.9. The van der Waals surface area contributed by atoms with Crippen LogP contribution in [0.4, 0.5) is 0 Å². The second kappa shape index (κ2) is 4.31. The van der Waals surface area contributed by atoms with Crippen molar-refractivity contribution in [3.63, 3.8) is 0 Å². The summed E-state index contributed by atoms with van der Waals surface area (Å²) in [5, 5.41) is 17.7. The molecule has 0 aromatic rings. The fourth-order valence-corrected chi connectivity index (χ4v) is 0.736. The molecule has 0 saturated carbocycles. The summed E-state index contributed by atoms with van der Waals surface area (Å²) in [6.07, 6.45) is 0.103. The minimum atomic E-state index is -1.15. The molecule has 0 fully saturated rings. The first kappa shape index (κ1) is 10.4. The Morgan fingerprint density at radius 2 is 2.18 bits per heavy atom. The molecule has 4 heteroatoms. The lowest BCUT2D eigenvalue weighted by Gasteiger charge is -2.19. The summed E-state index contributed by atoms with van der Waals surface area (Å²) in [5.41, 5.74) is -1.15. The minimum Gasteiger partial charge on any atom is -0.481 e. The number of carbonyl (C=O) groups is 1. The van der Waals surface area contributed by atoms with E-state index in [1.54, 1.807) is 0 Å². The molecule has 0 aliphatic rings. The van der Waals surface area contributed by atoms with Crippen LogP contribution in [-0.2, 0) is 9.53 Å². The Bertz CT molecular complexity index is 130. The van der Waals surface area contributed by atoms with Gasteiger partial charge in [0.05, 0.1) is 12.0 Å². The molecule has 1 unspecified atom stereocenters. The Kier molecular flexibility index (Phi) is 4.07. The van der Waals surface area contributed by atoms with Crippen molar-refractivity contribution in [1.29, 1.82) is 0 Å². The number of aliphatic carboxylic acids is 1. The van der Waals surface area contributed by atoms with Crippen LogP contribution in [-0.4, -0.2) is 35.5 Å². The summed E-state index contributed by atoms with van der Waals surface area (Å²) >= 11 is 0. The molecule has 0 heterocycles. The zero-order chi connectivity index (χ0) is 8.91. The fraction of sp³-hybridized carbons (Fsp3) is 0.857. The third-order valence-electron chi connectivity index (χ3n) is 1.38. The van der Waals surface area contributed by atoms with Crippen molar-refractivity contribution >= 4 is 5.97 Å². The van der Waals surface area contributed by atoms with E-state index in [2.05, 4.69) is 0 Å². The molecule has 0 spiro atoms. The largest absolute Gasteiger partial charge is 0.481 e. The van der Waals surface area contributed by atoms with Crippen molar-refractivity contribution in [2.45, 2.75) is 25.4 Å². The number of methoxy groups -OCH3 is 1. The Morgan fingerprint density at radius 3 is 2.55 bits per heavy atom. The molecule has 0 radical (unpaired) electrons. The molecule has 0 aliphatic heterocycles. The molecule has 4 nitrogen and oxygen atoms in total. The topological polar surface area (TPSA) is 66.8 Å². The fourth-order valence-electron chi connectivity index (χ4n) is 0.736. The molecule has 0 aliphatic carbocycles. The van der Waals surface area contributed by atoms with Gasteiger partial charge in [0.1, 0.15) is 0 Å². The molecule has 2 N–H and O–H groups in total. The van der Waals surface area contributed by atoms with Gasteiger partial charge in [0.15, 0.2) is 0 Å². The molecule has 11 heavy (non-hydrogen) atoms. The molecule has 0 amide bonds. The number of carboxylic acid groups (broad SMARTS) is 1. The lowest BCUT2D eigenvalue weighted by Crippen LogP contribution is -2.29. The maximum Gasteiger partial charge on any atom is 0.306 e. The smallest absolute Gasteiger partial charge is 0.306 e. The molecule has 0 aromatic carbocycles. The van der Waals surface area contributed by atoms with E-state index in [0.717, 1.165) is 0 Å². The number of ether oxygens (including phenoxy) is 1. The molecule has 0 saturated heterocycles. The van der Waals surface area contributed by atoms with Gasteiger partial charge in [-0.2, -0.15) is 0 Å². The van der Waals surface area contributed by atoms with Gasteiger partial charge >= 0.3 is 5.97 Å². The quantitative estimate of drug-likeness (QED) is 0.608. The summed E-state index contributed by atoms with van der Waals surface area (Å²) < 4.78 is 4.71. The van der Waals surface area contributed by atoms with E-state index in [4.69, 9.17) is 9.84 Å². The number of rotatable bonds is 5. The summed E-state index contributed by atoms with van der Waals surface area (Å²) in [4.78, 5) is 10.2. The summed E-state index contributed by atoms with van der Waals surface area (Å²) in [7, 11) is 1.51. The Morgan fingerprint density at radius 1 is 1.64 bits per heavy atom. The van der Waals surface area contributed by atoms with Gasteiger partial charge in [0.2, 0.25) is 0 Å². The summed E-state index contributed by atoms with van der Waals surface area (Å²) in [5.74, 6) is -0.994. The van der Waals surface area contributed by atoms with Gasteiger partial charge in [-0.1, -0.05) is 0 Å². The standard InChI is InChI=1S/C7H14O4/c1-7(10,3-4-11-2)5-6(8)9/h10H,3-5H2,1-2H3,(H,8,9). The van der Waals surface area contributed by atoms with Gasteiger partial charge in [-0.3, -0.25) is 4.79 Å². The Hall–Kier alpha value is -0.610. The zero-order valence-electron chi connectivity index (χ0n) is 6.83. The van der Waals surface area contributed by atoms with E-state index < -0.39 is 11.6 Å². The van der Waals surface area contributed by atoms with E-state index in [9.17, 15) is 9.90 Å². The van der Waals surface area contributed by atoms with Gasteiger partial charge < -0.3 is 14.9 Å². The maximum absolute atomic E-state index is 10.2. The molecule has 0 bridgehead atoms. The van der Waals surface area contributed by atoms with E-state index in [1.165, 1.54) is 14.0 Å². The van der Waals surface area contributed by atoms with Gasteiger partial charge in [-0.15, -0.1) is 0 Å². The van der Waals surface area contributed by atoms with Crippen LogP contribution >= 0.6 is 0 Å². The molecule has 0 aromatic heterocycles. The van der Waals surface area contributed by atoms with E-state index in [1.807, 2.05) is 0 Å². The first-order valence-electron chi connectivity index (χ1n) is 3.41. The molecule has 1 atom stereocenters. The van der Waals surface area contributed by atoms with Gasteiger partial charge in [-0.05, 0) is 13.3 Å². The highest BCUT2D eigenvalue weighted by Gasteiger charge is 2.23. The van der Waals surface area contributed by atoms with Crippen molar-refractivity contribution in [3.8, 4) is 0 Å². The van der Waals surface area contributed by atoms with Crippen LogP contribution in [0, 0.1) is 0 Å². The zero-order valence-corrected chi connectivity index (χ0v) is 6.83. The predicted octanol–water partition coefficient (Wildman–Crippen LogP) is 0.249. The number of aliphatic hydroxyl groups is 1. The van der Waals surface area contributed by atoms with Crippen LogP contribution in [0.2, 0.25) is 0 Å². The van der Waals surface area contributed by atoms with Crippen molar-refractivity contribution in [2.75, 3.05) is 13.7 Å². The van der Waals surface area contributed by atoms with Gasteiger partial charge in [0.25, 0.3) is 0 Å². The molecule has 0 rings (SSSR count).